The number of aliphatic imine (C=N–C) groups is 1. The quantitative estimate of drug-likeness (QED) is 0.463. The fourth-order valence-electron chi connectivity index (χ4n) is 7.19. The molecule has 5 aliphatic rings. The Morgan fingerprint density at radius 3 is 2.24 bits per heavy atom. The molecule has 0 radical (unpaired) electrons. The average Bonchev–Trinajstić information content (AvgIpc) is 3.41. The van der Waals surface area contributed by atoms with Gasteiger partial charge in [0.25, 0.3) is 5.91 Å². The molecule has 1 atom stereocenters. The van der Waals surface area contributed by atoms with E-state index in [4.69, 9.17) is 9.73 Å². The van der Waals surface area contributed by atoms with Crippen molar-refractivity contribution in [3.05, 3.63) is 65.7 Å². The van der Waals surface area contributed by atoms with Crippen molar-refractivity contribution < 1.29 is 19.1 Å². The Kier molecular flexibility index (Phi) is 8.87. The molecule has 1 unspecified atom stereocenters. The zero-order chi connectivity index (χ0) is 28.9. The summed E-state index contributed by atoms with van der Waals surface area (Å²) in [5, 5.41) is 2.73. The van der Waals surface area contributed by atoms with E-state index in [-0.39, 0.29) is 19.1 Å². The highest BCUT2D eigenvalue weighted by atomic mass is 16.5. The third-order valence-electron chi connectivity index (χ3n) is 9.53. The van der Waals surface area contributed by atoms with Gasteiger partial charge >= 0.3 is 6.09 Å². The zero-order valence-corrected chi connectivity index (χ0v) is 24.4. The van der Waals surface area contributed by atoms with Crippen LogP contribution < -0.4 is 10.2 Å². The van der Waals surface area contributed by atoms with E-state index in [0.717, 1.165) is 49.2 Å². The Bertz CT molecular complexity index is 1280. The van der Waals surface area contributed by atoms with Crippen LogP contribution in [0.3, 0.4) is 0 Å². The van der Waals surface area contributed by atoms with E-state index in [1.165, 1.54) is 44.9 Å². The summed E-state index contributed by atoms with van der Waals surface area (Å²) in [4.78, 5) is 49.3. The molecule has 2 aromatic carbocycles. The molecule has 7 rings (SSSR count). The molecule has 222 valence electrons. The lowest BCUT2D eigenvalue weighted by Crippen LogP contribution is -2.51. The molecule has 42 heavy (non-hydrogen) atoms. The summed E-state index contributed by atoms with van der Waals surface area (Å²) < 4.78 is 5.47. The standard InChI is InChI=1S/C34H42N4O4/c39-31(37-20-25-15-16-26(21-37)18-17-25)22-38-30-14-8-7-13-28(30)29(19-24-9-3-1-4-10-24)35-32(33(38)40)36-34(41)42-23-27-11-5-2-6-12-27/h2,5-8,11-14,24-26,32H,1,3-4,9-10,15-23H2,(H,36,41). The summed E-state index contributed by atoms with van der Waals surface area (Å²) in [6.45, 7) is 1.54. The van der Waals surface area contributed by atoms with Crippen molar-refractivity contribution in [2.24, 2.45) is 22.7 Å². The van der Waals surface area contributed by atoms with Crippen molar-refractivity contribution in [2.45, 2.75) is 77.0 Å². The zero-order valence-electron chi connectivity index (χ0n) is 24.4. The SMILES string of the molecule is O=C(NC1N=C(CC2CCCCC2)c2ccccc2N(CC(=O)N2CC3CCC(CC3)C2)C1=O)OCc1ccccc1. The number of nitrogens with zero attached hydrogens (tertiary/aromatic N) is 3. The number of fused-ring (bicyclic) bond motifs is 5. The molecular weight excluding hydrogens is 528 g/mol. The molecule has 2 aromatic rings. The molecule has 2 saturated heterocycles. The molecule has 4 fully saturated rings. The van der Waals surface area contributed by atoms with Crippen molar-refractivity contribution >= 4 is 29.3 Å². The van der Waals surface area contributed by atoms with Gasteiger partial charge in [-0.25, -0.2) is 4.79 Å². The molecule has 0 aromatic heterocycles. The number of benzodiazepines with no additional fused rings is 1. The first-order valence-electron chi connectivity index (χ1n) is 15.8. The van der Waals surface area contributed by atoms with Gasteiger partial charge in [0.2, 0.25) is 12.1 Å². The van der Waals surface area contributed by atoms with Gasteiger partial charge in [0.05, 0.1) is 5.69 Å². The van der Waals surface area contributed by atoms with E-state index in [9.17, 15) is 14.4 Å². The van der Waals surface area contributed by atoms with Crippen LogP contribution in [0.15, 0.2) is 59.6 Å². The molecule has 3 amide bonds. The first-order valence-corrected chi connectivity index (χ1v) is 15.8. The van der Waals surface area contributed by atoms with Crippen LogP contribution in [0.25, 0.3) is 0 Å². The highest BCUT2D eigenvalue weighted by molar-refractivity contribution is 6.14. The summed E-state index contributed by atoms with van der Waals surface area (Å²) in [5.74, 6) is 1.10. The second-order valence-electron chi connectivity index (χ2n) is 12.5. The Labute approximate surface area is 248 Å². The highest BCUT2D eigenvalue weighted by Gasteiger charge is 2.37. The molecule has 3 aliphatic heterocycles. The van der Waals surface area contributed by atoms with Crippen LogP contribution in [-0.4, -0.2) is 54.3 Å². The lowest BCUT2D eigenvalue weighted by atomic mass is 9.84. The number of hydrogen-bond donors (Lipinski definition) is 1. The Morgan fingerprint density at radius 2 is 1.52 bits per heavy atom. The first-order chi connectivity index (χ1) is 20.5. The van der Waals surface area contributed by atoms with Gasteiger partial charge in [0, 0.05) is 24.4 Å². The molecular formula is C34H42N4O4. The molecule has 0 spiro atoms. The summed E-state index contributed by atoms with van der Waals surface area (Å²) >= 11 is 0. The van der Waals surface area contributed by atoms with E-state index < -0.39 is 18.2 Å². The van der Waals surface area contributed by atoms with E-state index in [1.54, 1.807) is 4.90 Å². The number of para-hydroxylation sites is 1. The van der Waals surface area contributed by atoms with Crippen LogP contribution in [-0.2, 0) is 20.9 Å². The Balaban J connectivity index is 1.26. The fraction of sp³-hybridized carbons (Fsp3) is 0.529. The number of rotatable bonds is 7. The van der Waals surface area contributed by atoms with Gasteiger partial charge in [-0.1, -0.05) is 80.6 Å². The predicted octanol–water partition coefficient (Wildman–Crippen LogP) is 5.69. The Hall–Kier alpha value is -3.68. The second kappa shape index (κ2) is 13.1. The summed E-state index contributed by atoms with van der Waals surface area (Å²) in [6.07, 6.45) is 9.47. The second-order valence-corrected chi connectivity index (χ2v) is 12.5. The molecule has 1 N–H and O–H groups in total. The lowest BCUT2D eigenvalue weighted by molar-refractivity contribution is -0.132. The number of alkyl carbamates (subject to hydrolysis) is 1. The Morgan fingerprint density at radius 1 is 0.857 bits per heavy atom. The van der Waals surface area contributed by atoms with E-state index in [1.807, 2.05) is 59.5 Å². The van der Waals surface area contributed by atoms with Gasteiger partial charge in [0.15, 0.2) is 0 Å². The van der Waals surface area contributed by atoms with Crippen LogP contribution in [0.5, 0.6) is 0 Å². The number of carbonyl (C=O) groups excluding carboxylic acids is 3. The largest absolute Gasteiger partial charge is 0.445 e. The van der Waals surface area contributed by atoms with Gasteiger partial charge in [0.1, 0.15) is 13.2 Å². The maximum atomic E-state index is 14.2. The first kappa shape index (κ1) is 28.4. The van der Waals surface area contributed by atoms with Gasteiger partial charge in [-0.15, -0.1) is 0 Å². The minimum absolute atomic E-state index is 0.0434. The summed E-state index contributed by atoms with van der Waals surface area (Å²) in [6, 6.07) is 17.2. The number of ether oxygens (including phenoxy) is 1. The van der Waals surface area contributed by atoms with Crippen molar-refractivity contribution in [3.8, 4) is 0 Å². The van der Waals surface area contributed by atoms with Crippen LogP contribution in [0.2, 0.25) is 0 Å². The van der Waals surface area contributed by atoms with E-state index in [2.05, 4.69) is 5.32 Å². The number of anilines is 1. The minimum atomic E-state index is -1.17. The minimum Gasteiger partial charge on any atom is -0.445 e. The molecule has 3 heterocycles. The van der Waals surface area contributed by atoms with Crippen molar-refractivity contribution in [1.82, 2.24) is 10.2 Å². The van der Waals surface area contributed by atoms with Crippen molar-refractivity contribution in [1.29, 1.82) is 0 Å². The topological polar surface area (TPSA) is 91.3 Å². The lowest BCUT2D eigenvalue weighted by Gasteiger charge is -2.29. The van der Waals surface area contributed by atoms with Gasteiger partial charge in [-0.3, -0.25) is 24.8 Å². The van der Waals surface area contributed by atoms with E-state index in [0.29, 0.717) is 23.4 Å². The van der Waals surface area contributed by atoms with Gasteiger partial charge < -0.3 is 9.64 Å². The predicted molar refractivity (Wildman–Crippen MR) is 162 cm³/mol. The molecule has 2 bridgehead atoms. The van der Waals surface area contributed by atoms with Crippen LogP contribution >= 0.6 is 0 Å². The van der Waals surface area contributed by atoms with Crippen LogP contribution in [0, 0.1) is 17.8 Å². The molecule has 2 aliphatic carbocycles. The molecule has 2 saturated carbocycles. The third-order valence-corrected chi connectivity index (χ3v) is 9.53. The van der Waals surface area contributed by atoms with Crippen LogP contribution in [0.1, 0.15) is 75.3 Å². The molecule has 8 heteroatoms. The summed E-state index contributed by atoms with van der Waals surface area (Å²) in [5.41, 5.74) is 3.21. The number of amides is 3. The number of nitrogens with one attached hydrogen (secondary N) is 1. The monoisotopic (exact) mass is 570 g/mol. The smallest absolute Gasteiger partial charge is 0.409 e. The number of carbonyl (C=O) groups is 3. The summed E-state index contributed by atoms with van der Waals surface area (Å²) in [7, 11) is 0. The van der Waals surface area contributed by atoms with Crippen molar-refractivity contribution in [3.63, 3.8) is 0 Å². The van der Waals surface area contributed by atoms with Crippen LogP contribution in [0.4, 0.5) is 10.5 Å². The van der Waals surface area contributed by atoms with Gasteiger partial charge in [-0.2, -0.15) is 0 Å². The number of hydrogen-bond acceptors (Lipinski definition) is 5. The third kappa shape index (κ3) is 6.69. The van der Waals surface area contributed by atoms with Crippen molar-refractivity contribution in [2.75, 3.05) is 24.5 Å². The molecule has 8 nitrogen and oxygen atoms in total. The number of benzene rings is 2. The van der Waals surface area contributed by atoms with E-state index >= 15 is 0 Å². The average molecular weight is 571 g/mol. The normalized spacial score (nSPS) is 24.3. The highest BCUT2D eigenvalue weighted by Crippen LogP contribution is 2.35. The van der Waals surface area contributed by atoms with Gasteiger partial charge in [-0.05, 0) is 61.5 Å². The fourth-order valence-corrected chi connectivity index (χ4v) is 7.19. The maximum absolute atomic E-state index is 14.2. The maximum Gasteiger partial charge on any atom is 0.409 e.